The summed E-state index contributed by atoms with van der Waals surface area (Å²) in [4.78, 5) is 25.5. The van der Waals surface area contributed by atoms with E-state index in [-0.39, 0.29) is 24.2 Å². The van der Waals surface area contributed by atoms with Gasteiger partial charge in [-0.3, -0.25) is 9.59 Å². The molecule has 0 saturated carbocycles. The second-order valence-corrected chi connectivity index (χ2v) is 8.47. The summed E-state index contributed by atoms with van der Waals surface area (Å²) in [6, 6.07) is 6.50. The number of aliphatic hydroxyl groups is 1. The molecular formula is C21H23F3O5. The number of rotatable bonds is 2. The van der Waals surface area contributed by atoms with Gasteiger partial charge in [0, 0.05) is 24.3 Å². The molecule has 0 bridgehead atoms. The van der Waals surface area contributed by atoms with E-state index >= 15 is 0 Å². The topological polar surface area (TPSA) is 72.8 Å². The largest absolute Gasteiger partial charge is 0.469 e. The summed E-state index contributed by atoms with van der Waals surface area (Å²) in [5.41, 5.74) is 0.405. The molecule has 3 atom stereocenters. The normalized spacial score (nSPS) is 29.2. The van der Waals surface area contributed by atoms with Crippen LogP contribution in [0.3, 0.4) is 0 Å². The number of carbonyl (C=O) groups is 2. The highest BCUT2D eigenvalue weighted by molar-refractivity contribution is 6.00. The lowest BCUT2D eigenvalue weighted by atomic mass is 9.66. The van der Waals surface area contributed by atoms with Crippen molar-refractivity contribution in [3.8, 4) is 0 Å². The van der Waals surface area contributed by atoms with Crippen LogP contribution in [-0.4, -0.2) is 35.9 Å². The number of ketones is 1. The van der Waals surface area contributed by atoms with Crippen LogP contribution in [0.1, 0.15) is 43.7 Å². The minimum atomic E-state index is -5.29. The number of methoxy groups -OCH3 is 1. The monoisotopic (exact) mass is 412 g/mol. The zero-order valence-electron chi connectivity index (χ0n) is 16.6. The number of aryl methyl sites for hydroxylation is 1. The van der Waals surface area contributed by atoms with Crippen molar-refractivity contribution in [2.45, 2.75) is 51.5 Å². The summed E-state index contributed by atoms with van der Waals surface area (Å²) in [6.07, 6.45) is -5.17. The predicted octanol–water partition coefficient (Wildman–Crippen LogP) is 3.79. The fourth-order valence-electron chi connectivity index (χ4n) is 4.24. The van der Waals surface area contributed by atoms with E-state index in [2.05, 4.69) is 4.74 Å². The van der Waals surface area contributed by atoms with Gasteiger partial charge >= 0.3 is 17.9 Å². The number of esters is 1. The van der Waals surface area contributed by atoms with Gasteiger partial charge in [-0.15, -0.1) is 0 Å². The number of carbonyl (C=O) groups excluding carboxylic acids is 2. The number of allylic oxidation sites excluding steroid dienone is 2. The van der Waals surface area contributed by atoms with E-state index in [1.54, 1.807) is 39.0 Å². The van der Waals surface area contributed by atoms with Crippen LogP contribution in [0, 0.1) is 18.3 Å². The van der Waals surface area contributed by atoms with Crippen LogP contribution < -0.4 is 0 Å². The first-order valence-corrected chi connectivity index (χ1v) is 9.19. The molecule has 0 radical (unpaired) electrons. The minimum absolute atomic E-state index is 0.000694. The maximum atomic E-state index is 14.0. The van der Waals surface area contributed by atoms with E-state index in [1.165, 1.54) is 6.07 Å². The summed E-state index contributed by atoms with van der Waals surface area (Å²) in [6.45, 7) is 5.21. The van der Waals surface area contributed by atoms with Crippen molar-refractivity contribution >= 4 is 11.8 Å². The fourth-order valence-corrected chi connectivity index (χ4v) is 4.24. The van der Waals surface area contributed by atoms with Gasteiger partial charge in [0.2, 0.25) is 0 Å². The van der Waals surface area contributed by atoms with Gasteiger partial charge in [-0.2, -0.15) is 13.2 Å². The predicted molar refractivity (Wildman–Crippen MR) is 96.6 cm³/mol. The maximum Gasteiger partial charge on any atom is 0.456 e. The summed E-state index contributed by atoms with van der Waals surface area (Å²) < 4.78 is 51.7. The van der Waals surface area contributed by atoms with E-state index in [9.17, 15) is 27.9 Å². The van der Waals surface area contributed by atoms with Crippen LogP contribution in [-0.2, 0) is 19.1 Å². The average Bonchev–Trinajstić information content (AvgIpc) is 2.57. The second-order valence-electron chi connectivity index (χ2n) is 8.47. The molecule has 1 N–H and O–H groups in total. The van der Waals surface area contributed by atoms with Crippen molar-refractivity contribution in [2.75, 3.05) is 7.11 Å². The van der Waals surface area contributed by atoms with Gasteiger partial charge in [0.15, 0.2) is 5.78 Å². The molecule has 0 amide bonds. The van der Waals surface area contributed by atoms with Gasteiger partial charge in [0.1, 0.15) is 11.7 Å². The van der Waals surface area contributed by atoms with Crippen molar-refractivity contribution < 1.29 is 37.3 Å². The third-order valence-electron chi connectivity index (χ3n) is 5.49. The highest BCUT2D eigenvalue weighted by Crippen LogP contribution is 2.56. The molecule has 2 aliphatic rings. The number of hydrogen-bond acceptors (Lipinski definition) is 5. The lowest BCUT2D eigenvalue weighted by molar-refractivity contribution is -0.378. The lowest BCUT2D eigenvalue weighted by Gasteiger charge is -2.47. The highest BCUT2D eigenvalue weighted by Gasteiger charge is 2.70. The van der Waals surface area contributed by atoms with Crippen molar-refractivity contribution in [1.82, 2.24) is 0 Å². The molecule has 0 saturated heterocycles. The lowest BCUT2D eigenvalue weighted by Crippen LogP contribution is -2.61. The molecule has 1 aliphatic carbocycles. The molecule has 1 aromatic rings. The van der Waals surface area contributed by atoms with Gasteiger partial charge in [-0.25, -0.2) is 0 Å². The van der Waals surface area contributed by atoms with Crippen LogP contribution in [0.2, 0.25) is 0 Å². The Hall–Kier alpha value is -2.35. The number of halogens is 3. The quantitative estimate of drug-likeness (QED) is 0.749. The van der Waals surface area contributed by atoms with Gasteiger partial charge in [0.05, 0.1) is 7.11 Å². The van der Waals surface area contributed by atoms with Gasteiger partial charge in [0.25, 0.3) is 0 Å². The minimum Gasteiger partial charge on any atom is -0.469 e. The first kappa shape index (κ1) is 21.4. The van der Waals surface area contributed by atoms with E-state index in [0.29, 0.717) is 5.56 Å². The molecule has 0 unspecified atom stereocenters. The Morgan fingerprint density at radius 2 is 1.93 bits per heavy atom. The van der Waals surface area contributed by atoms with E-state index < -0.39 is 41.0 Å². The fraction of sp³-hybridized carbons (Fsp3) is 0.524. The number of Topliss-reactive ketones (excluding diaryl/α,β-unsaturated/α-hetero) is 1. The van der Waals surface area contributed by atoms with Crippen LogP contribution in [0.5, 0.6) is 0 Å². The molecule has 0 spiro atoms. The molecule has 1 heterocycles. The van der Waals surface area contributed by atoms with Gasteiger partial charge in [-0.1, -0.05) is 43.7 Å². The zero-order valence-corrected chi connectivity index (χ0v) is 16.6. The molecule has 1 aromatic carbocycles. The molecule has 3 rings (SSSR count). The first-order chi connectivity index (χ1) is 13.3. The Morgan fingerprint density at radius 3 is 2.48 bits per heavy atom. The summed E-state index contributed by atoms with van der Waals surface area (Å²) in [5, 5.41) is 10.7. The number of benzene rings is 1. The molecule has 1 aliphatic heterocycles. The van der Waals surface area contributed by atoms with Gasteiger partial charge < -0.3 is 14.6 Å². The third-order valence-corrected chi connectivity index (χ3v) is 5.49. The molecule has 158 valence electrons. The van der Waals surface area contributed by atoms with Crippen LogP contribution in [0.15, 0.2) is 35.6 Å². The molecule has 29 heavy (non-hydrogen) atoms. The second kappa shape index (κ2) is 6.86. The SMILES string of the molecule is COC(=O)[C@H]1[C@H](c2cccc(C)c2)C2=C(CC(C)(C)CC2=O)O[C@]1(O)C(F)(F)F. The average molecular weight is 412 g/mol. The summed E-state index contributed by atoms with van der Waals surface area (Å²) >= 11 is 0. The highest BCUT2D eigenvalue weighted by atomic mass is 19.4. The van der Waals surface area contributed by atoms with Crippen molar-refractivity contribution in [3.63, 3.8) is 0 Å². The molecule has 0 fully saturated rings. The van der Waals surface area contributed by atoms with Crippen LogP contribution in [0.4, 0.5) is 13.2 Å². The van der Waals surface area contributed by atoms with Gasteiger partial charge in [-0.05, 0) is 17.9 Å². The van der Waals surface area contributed by atoms with Crippen molar-refractivity contribution in [3.05, 3.63) is 46.7 Å². The Labute approximate surface area is 166 Å². The Balaban J connectivity index is 2.33. The Bertz CT molecular complexity index is 887. The zero-order chi connectivity index (χ0) is 21.8. The number of ether oxygens (including phenoxy) is 2. The first-order valence-electron chi connectivity index (χ1n) is 9.19. The molecule has 0 aromatic heterocycles. The molecule has 8 heteroatoms. The van der Waals surface area contributed by atoms with Crippen LogP contribution >= 0.6 is 0 Å². The Kier molecular flexibility index (Phi) is 5.06. The van der Waals surface area contributed by atoms with Crippen LogP contribution in [0.25, 0.3) is 0 Å². The number of hydrogen-bond donors (Lipinski definition) is 1. The molecule has 5 nitrogen and oxygen atoms in total. The number of alkyl halides is 3. The third kappa shape index (κ3) is 3.54. The smallest absolute Gasteiger partial charge is 0.456 e. The molecular weight excluding hydrogens is 389 g/mol. The van der Waals surface area contributed by atoms with Crippen molar-refractivity contribution in [1.29, 1.82) is 0 Å². The maximum absolute atomic E-state index is 14.0. The summed E-state index contributed by atoms with van der Waals surface area (Å²) in [5.74, 6) is -9.28. The van der Waals surface area contributed by atoms with E-state index in [4.69, 9.17) is 4.74 Å². The Morgan fingerprint density at radius 1 is 1.28 bits per heavy atom. The standard InChI is InChI=1S/C21H23F3O5/c1-11-6-5-7-12(8-11)15-16-13(25)9-19(2,3)10-14(16)29-20(27,21(22,23)24)17(15)18(26)28-4/h5-8,15,17,27H,9-10H2,1-4H3/t15-,17-,20+/m1/s1. The van der Waals surface area contributed by atoms with E-state index in [1.807, 2.05) is 0 Å². The van der Waals surface area contributed by atoms with E-state index in [0.717, 1.165) is 12.7 Å². The summed E-state index contributed by atoms with van der Waals surface area (Å²) in [7, 11) is 0.933. The van der Waals surface area contributed by atoms with Crippen molar-refractivity contribution in [2.24, 2.45) is 11.3 Å².